The molecule has 3 nitrogen and oxygen atoms in total. The molecular formula is C6H11NO2S. The molecule has 1 heterocycles. The Morgan fingerprint density at radius 2 is 2.10 bits per heavy atom. The van der Waals surface area contributed by atoms with Crippen molar-refractivity contribution in [3.63, 3.8) is 0 Å². The fourth-order valence-electron chi connectivity index (χ4n) is 0.913. The summed E-state index contributed by atoms with van der Waals surface area (Å²) in [6.07, 6.45) is 1.51. The van der Waals surface area contributed by atoms with E-state index in [4.69, 9.17) is 0 Å². The van der Waals surface area contributed by atoms with Gasteiger partial charge in [0.15, 0.2) is 9.84 Å². The van der Waals surface area contributed by atoms with Crippen molar-refractivity contribution in [3.8, 4) is 0 Å². The molecule has 0 saturated carbocycles. The lowest BCUT2D eigenvalue weighted by molar-refractivity contribution is 0.578. The van der Waals surface area contributed by atoms with Crippen molar-refractivity contribution in [1.29, 1.82) is 0 Å². The van der Waals surface area contributed by atoms with Crippen molar-refractivity contribution in [2.24, 2.45) is 4.99 Å². The van der Waals surface area contributed by atoms with Gasteiger partial charge in [-0.15, -0.1) is 0 Å². The van der Waals surface area contributed by atoms with E-state index in [1.807, 2.05) is 0 Å². The minimum atomic E-state index is -2.89. The van der Waals surface area contributed by atoms with E-state index in [1.54, 1.807) is 13.8 Å². The molecule has 0 fully saturated rings. The zero-order valence-corrected chi connectivity index (χ0v) is 6.93. The second kappa shape index (κ2) is 2.34. The van der Waals surface area contributed by atoms with Crippen LogP contribution in [0.4, 0.5) is 0 Å². The zero-order chi connectivity index (χ0) is 7.78. The maximum absolute atomic E-state index is 11.2. The molecule has 58 valence electrons. The molecule has 0 spiro atoms. The Balaban J connectivity index is 3.02. The van der Waals surface area contributed by atoms with Crippen LogP contribution in [-0.4, -0.2) is 31.7 Å². The maximum atomic E-state index is 11.2. The number of hydrogen-bond donors (Lipinski definition) is 0. The Hall–Kier alpha value is -0.380. The van der Waals surface area contributed by atoms with Gasteiger partial charge < -0.3 is 0 Å². The first-order chi connectivity index (χ1) is 4.55. The summed E-state index contributed by atoms with van der Waals surface area (Å²) in [6, 6.07) is 0. The third-order valence-electron chi connectivity index (χ3n) is 1.76. The molecule has 1 rings (SSSR count). The average molecular weight is 161 g/mol. The number of rotatable bonds is 0. The van der Waals surface area contributed by atoms with Crippen LogP contribution < -0.4 is 0 Å². The molecule has 0 aliphatic carbocycles. The molecule has 2 atom stereocenters. The predicted molar refractivity (Wildman–Crippen MR) is 41.2 cm³/mol. The van der Waals surface area contributed by atoms with Gasteiger partial charge in [0.25, 0.3) is 0 Å². The van der Waals surface area contributed by atoms with E-state index < -0.39 is 15.1 Å². The summed E-state index contributed by atoms with van der Waals surface area (Å²) in [5, 5.41) is -0.691. The number of sulfone groups is 1. The second-order valence-corrected chi connectivity index (χ2v) is 5.35. The first kappa shape index (κ1) is 7.72. The third-order valence-corrected chi connectivity index (χ3v) is 4.19. The SMILES string of the molecule is CC1C=NCC(C)S1(=O)=O. The van der Waals surface area contributed by atoms with Crippen LogP contribution in [0.2, 0.25) is 0 Å². The van der Waals surface area contributed by atoms with Crippen LogP contribution in [0.25, 0.3) is 0 Å². The van der Waals surface area contributed by atoms with Crippen LogP contribution in [0.5, 0.6) is 0 Å². The Bertz CT molecular complexity index is 242. The first-order valence-electron chi connectivity index (χ1n) is 3.28. The summed E-state index contributed by atoms with van der Waals surface area (Å²) >= 11 is 0. The van der Waals surface area contributed by atoms with Gasteiger partial charge in [-0.1, -0.05) is 0 Å². The topological polar surface area (TPSA) is 46.5 Å². The highest BCUT2D eigenvalue weighted by atomic mass is 32.2. The highest BCUT2D eigenvalue weighted by Crippen LogP contribution is 2.12. The van der Waals surface area contributed by atoms with Crippen molar-refractivity contribution < 1.29 is 8.42 Å². The van der Waals surface area contributed by atoms with Crippen molar-refractivity contribution >= 4 is 16.1 Å². The van der Waals surface area contributed by atoms with Crippen molar-refractivity contribution in [2.75, 3.05) is 6.54 Å². The van der Waals surface area contributed by atoms with Gasteiger partial charge in [-0.3, -0.25) is 4.99 Å². The van der Waals surface area contributed by atoms with Crippen LogP contribution in [0, 0.1) is 0 Å². The normalized spacial score (nSPS) is 37.8. The number of aliphatic imine (C=N–C) groups is 1. The molecule has 0 aromatic heterocycles. The lowest BCUT2D eigenvalue weighted by Crippen LogP contribution is -2.34. The van der Waals surface area contributed by atoms with Crippen LogP contribution in [-0.2, 0) is 9.84 Å². The molecule has 0 saturated heterocycles. The molecule has 0 N–H and O–H groups in total. The molecule has 10 heavy (non-hydrogen) atoms. The molecule has 0 aromatic rings. The molecule has 1 aliphatic rings. The minimum absolute atomic E-state index is 0.299. The number of nitrogens with zero attached hydrogens (tertiary/aromatic N) is 1. The highest BCUT2D eigenvalue weighted by Gasteiger charge is 2.28. The third kappa shape index (κ3) is 1.08. The van der Waals surface area contributed by atoms with E-state index in [0.29, 0.717) is 6.54 Å². The van der Waals surface area contributed by atoms with Crippen molar-refractivity contribution in [3.05, 3.63) is 0 Å². The quantitative estimate of drug-likeness (QED) is 0.511. The van der Waals surface area contributed by atoms with Crippen molar-refractivity contribution in [2.45, 2.75) is 24.3 Å². The average Bonchev–Trinajstić information content (AvgIpc) is 1.84. The Kier molecular flexibility index (Phi) is 1.81. The summed E-state index contributed by atoms with van der Waals surface area (Å²) in [5.74, 6) is 0. The summed E-state index contributed by atoms with van der Waals surface area (Å²) in [7, 11) is -2.89. The van der Waals surface area contributed by atoms with E-state index in [0.717, 1.165) is 0 Å². The number of hydrogen-bond acceptors (Lipinski definition) is 3. The van der Waals surface area contributed by atoms with Crippen LogP contribution in [0.1, 0.15) is 13.8 Å². The zero-order valence-electron chi connectivity index (χ0n) is 6.11. The predicted octanol–water partition coefficient (Wildman–Crippen LogP) is 0.263. The van der Waals surface area contributed by atoms with Crippen LogP contribution >= 0.6 is 0 Å². The molecule has 0 amide bonds. The van der Waals surface area contributed by atoms with Gasteiger partial charge in [0.2, 0.25) is 0 Å². The smallest absolute Gasteiger partial charge is 0.162 e. The Morgan fingerprint density at radius 1 is 1.50 bits per heavy atom. The molecular weight excluding hydrogens is 150 g/mol. The summed E-state index contributed by atoms with van der Waals surface area (Å²) in [6.45, 7) is 3.78. The van der Waals surface area contributed by atoms with Gasteiger partial charge in [0.05, 0.1) is 17.0 Å². The monoisotopic (exact) mass is 161 g/mol. The molecule has 0 bridgehead atoms. The summed E-state index contributed by atoms with van der Waals surface area (Å²) in [4.78, 5) is 3.93. The fourth-order valence-corrected chi connectivity index (χ4v) is 2.20. The van der Waals surface area contributed by atoms with Gasteiger partial charge in [-0.2, -0.15) is 0 Å². The Labute approximate surface area is 61.1 Å². The molecule has 1 aliphatic heterocycles. The first-order valence-corrected chi connectivity index (χ1v) is 4.88. The second-order valence-electron chi connectivity index (χ2n) is 2.62. The Morgan fingerprint density at radius 3 is 2.50 bits per heavy atom. The lowest BCUT2D eigenvalue weighted by atomic mass is 10.4. The molecule has 0 aromatic carbocycles. The standard InChI is InChI=1S/C6H11NO2S/c1-5-3-7-4-6(2)10(5,8)9/h3,5-6H,4H2,1-2H3. The van der Waals surface area contributed by atoms with E-state index in [1.165, 1.54) is 6.21 Å². The summed E-state index contributed by atoms with van der Waals surface area (Å²) in [5.41, 5.74) is 0. The minimum Gasteiger partial charge on any atom is -0.295 e. The van der Waals surface area contributed by atoms with E-state index in [-0.39, 0.29) is 5.25 Å². The lowest BCUT2D eigenvalue weighted by Gasteiger charge is -2.18. The van der Waals surface area contributed by atoms with Crippen LogP contribution in [0.3, 0.4) is 0 Å². The maximum Gasteiger partial charge on any atom is 0.162 e. The van der Waals surface area contributed by atoms with E-state index >= 15 is 0 Å². The van der Waals surface area contributed by atoms with Gasteiger partial charge in [-0.05, 0) is 13.8 Å². The molecule has 2 unspecified atom stereocenters. The summed E-state index contributed by atoms with van der Waals surface area (Å²) < 4.78 is 22.4. The highest BCUT2D eigenvalue weighted by molar-refractivity contribution is 7.93. The van der Waals surface area contributed by atoms with E-state index in [9.17, 15) is 8.42 Å². The largest absolute Gasteiger partial charge is 0.295 e. The van der Waals surface area contributed by atoms with Gasteiger partial charge in [0, 0.05) is 6.21 Å². The van der Waals surface area contributed by atoms with Crippen LogP contribution in [0.15, 0.2) is 4.99 Å². The van der Waals surface area contributed by atoms with Gasteiger partial charge in [0.1, 0.15) is 0 Å². The van der Waals surface area contributed by atoms with Crippen molar-refractivity contribution in [1.82, 2.24) is 0 Å². The van der Waals surface area contributed by atoms with Gasteiger partial charge >= 0.3 is 0 Å². The van der Waals surface area contributed by atoms with Gasteiger partial charge in [-0.25, -0.2) is 8.42 Å². The molecule has 0 radical (unpaired) electrons. The fraction of sp³-hybridized carbons (Fsp3) is 0.833. The van der Waals surface area contributed by atoms with E-state index in [2.05, 4.69) is 4.99 Å². The molecule has 4 heteroatoms.